The number of anilines is 1. The van der Waals surface area contributed by atoms with E-state index < -0.39 is 12.0 Å². The van der Waals surface area contributed by atoms with Gasteiger partial charge in [-0.15, -0.1) is 11.8 Å². The van der Waals surface area contributed by atoms with E-state index in [0.717, 1.165) is 5.75 Å². The molecule has 0 unspecified atom stereocenters. The fraction of sp³-hybridized carbons (Fsp3) is 0.667. The predicted molar refractivity (Wildman–Crippen MR) is 69.3 cm³/mol. The first-order valence-corrected chi connectivity index (χ1v) is 7.24. The van der Waals surface area contributed by atoms with Crippen LogP contribution in [-0.4, -0.2) is 22.8 Å². The van der Waals surface area contributed by atoms with Crippen molar-refractivity contribution >= 4 is 17.6 Å². The monoisotopic (exact) mass is 291 g/mol. The lowest BCUT2D eigenvalue weighted by Crippen LogP contribution is -2.13. The predicted octanol–water partition coefficient (Wildman–Crippen LogP) is 3.82. The first-order chi connectivity index (χ1) is 8.99. The van der Waals surface area contributed by atoms with Crippen LogP contribution in [0.25, 0.3) is 0 Å². The number of rotatable bonds is 4. The van der Waals surface area contributed by atoms with Gasteiger partial charge in [0.15, 0.2) is 0 Å². The quantitative estimate of drug-likeness (QED) is 0.676. The Morgan fingerprint density at radius 3 is 2.58 bits per heavy atom. The Bertz CT molecular complexity index is 431. The van der Waals surface area contributed by atoms with E-state index in [4.69, 9.17) is 0 Å². The Labute approximate surface area is 114 Å². The van der Waals surface area contributed by atoms with Crippen molar-refractivity contribution in [3.8, 4) is 0 Å². The number of hydrogen-bond donors (Lipinski definition) is 1. The van der Waals surface area contributed by atoms with Crippen LogP contribution < -0.4 is 5.32 Å². The largest absolute Gasteiger partial charge is 0.451 e. The molecule has 0 atom stereocenters. The van der Waals surface area contributed by atoms with E-state index in [-0.39, 0.29) is 5.82 Å². The molecule has 0 amide bonds. The van der Waals surface area contributed by atoms with Gasteiger partial charge >= 0.3 is 6.18 Å². The maximum atomic E-state index is 12.7. The normalized spacial score (nSPS) is 16.8. The van der Waals surface area contributed by atoms with E-state index in [1.165, 1.54) is 37.4 Å². The molecule has 0 saturated heterocycles. The average Bonchev–Trinajstić information content (AvgIpc) is 2.88. The molecule has 1 aliphatic rings. The molecule has 0 bridgehead atoms. The summed E-state index contributed by atoms with van der Waals surface area (Å²) in [5, 5.41) is 3.03. The third-order valence-corrected chi connectivity index (χ3v) is 4.30. The molecule has 1 saturated carbocycles. The first kappa shape index (κ1) is 14.4. The van der Waals surface area contributed by atoms with Crippen LogP contribution >= 0.6 is 11.8 Å². The van der Waals surface area contributed by atoms with E-state index in [0.29, 0.717) is 10.9 Å². The second-order valence-electron chi connectivity index (χ2n) is 4.62. The summed E-state index contributed by atoms with van der Waals surface area (Å²) in [5.41, 5.74) is 0. The third kappa shape index (κ3) is 3.99. The minimum Gasteiger partial charge on any atom is -0.373 e. The van der Waals surface area contributed by atoms with Crippen LogP contribution in [0.1, 0.15) is 31.5 Å². The van der Waals surface area contributed by atoms with E-state index in [2.05, 4.69) is 15.3 Å². The molecule has 1 heterocycles. The molecule has 2 rings (SSSR count). The Hall–Kier alpha value is -0.980. The molecule has 0 aromatic carbocycles. The number of thioether (sulfide) groups is 1. The molecule has 1 aromatic rings. The van der Waals surface area contributed by atoms with Crippen LogP contribution in [0.2, 0.25) is 0 Å². The highest BCUT2D eigenvalue weighted by Crippen LogP contribution is 2.33. The summed E-state index contributed by atoms with van der Waals surface area (Å²) in [6.45, 7) is 0. The van der Waals surface area contributed by atoms with Crippen molar-refractivity contribution in [1.82, 2.24) is 9.97 Å². The molecule has 0 radical (unpaired) electrons. The minimum absolute atomic E-state index is 0.205. The number of nitrogens with one attached hydrogen (secondary N) is 1. The summed E-state index contributed by atoms with van der Waals surface area (Å²) in [6, 6.07) is 1.56. The van der Waals surface area contributed by atoms with Crippen LogP contribution in [0, 0.1) is 5.92 Å². The number of aromatic nitrogens is 2. The zero-order chi connectivity index (χ0) is 13.9. The van der Waals surface area contributed by atoms with Crippen molar-refractivity contribution < 1.29 is 13.2 Å². The summed E-state index contributed by atoms with van der Waals surface area (Å²) in [6.07, 6.45) is 0.289. The zero-order valence-corrected chi connectivity index (χ0v) is 11.4. The topological polar surface area (TPSA) is 37.8 Å². The highest BCUT2D eigenvalue weighted by molar-refractivity contribution is 7.99. The molecule has 1 N–H and O–H groups in total. The van der Waals surface area contributed by atoms with E-state index in [9.17, 15) is 13.2 Å². The van der Waals surface area contributed by atoms with Gasteiger partial charge in [0.25, 0.3) is 0 Å². The van der Waals surface area contributed by atoms with Crippen LogP contribution in [-0.2, 0) is 6.18 Å². The fourth-order valence-corrected chi connectivity index (χ4v) is 3.22. The Balaban J connectivity index is 2.10. The van der Waals surface area contributed by atoms with Gasteiger partial charge in [-0.2, -0.15) is 13.2 Å². The first-order valence-electron chi connectivity index (χ1n) is 6.26. The summed E-state index contributed by atoms with van der Waals surface area (Å²) >= 11 is 1.39. The Kier molecular flexibility index (Phi) is 4.54. The van der Waals surface area contributed by atoms with Gasteiger partial charge in [0.05, 0.1) is 0 Å². The lowest BCUT2D eigenvalue weighted by Gasteiger charge is -2.11. The van der Waals surface area contributed by atoms with Crippen molar-refractivity contribution in [2.45, 2.75) is 36.9 Å². The zero-order valence-electron chi connectivity index (χ0n) is 10.6. The molecule has 7 heteroatoms. The molecule has 1 aliphatic carbocycles. The second-order valence-corrected chi connectivity index (χ2v) is 5.66. The van der Waals surface area contributed by atoms with E-state index in [1.54, 1.807) is 13.1 Å². The van der Waals surface area contributed by atoms with Gasteiger partial charge in [0, 0.05) is 18.9 Å². The maximum absolute atomic E-state index is 12.7. The highest BCUT2D eigenvalue weighted by atomic mass is 32.2. The fourth-order valence-electron chi connectivity index (χ4n) is 2.13. The van der Waals surface area contributed by atoms with Gasteiger partial charge < -0.3 is 5.32 Å². The van der Waals surface area contributed by atoms with Crippen molar-refractivity contribution in [3.63, 3.8) is 0 Å². The lowest BCUT2D eigenvalue weighted by molar-refractivity contribution is -0.145. The van der Waals surface area contributed by atoms with Crippen LogP contribution in [0.5, 0.6) is 0 Å². The van der Waals surface area contributed by atoms with Crippen molar-refractivity contribution in [2.75, 3.05) is 18.1 Å². The summed E-state index contributed by atoms with van der Waals surface area (Å²) in [5.74, 6) is 0.564. The molecular weight excluding hydrogens is 275 g/mol. The summed E-state index contributed by atoms with van der Waals surface area (Å²) in [4.78, 5) is 7.04. The van der Waals surface area contributed by atoms with Gasteiger partial charge in [0.2, 0.25) is 5.82 Å². The number of nitrogens with zero attached hydrogens (tertiary/aromatic N) is 2. The number of hydrogen-bond acceptors (Lipinski definition) is 4. The van der Waals surface area contributed by atoms with Crippen molar-refractivity contribution in [1.29, 1.82) is 0 Å². The highest BCUT2D eigenvalue weighted by Gasteiger charge is 2.35. The van der Waals surface area contributed by atoms with Gasteiger partial charge in [-0.3, -0.25) is 0 Å². The molecule has 0 aliphatic heterocycles. The van der Waals surface area contributed by atoms with E-state index in [1.807, 2.05) is 0 Å². The van der Waals surface area contributed by atoms with E-state index >= 15 is 0 Å². The minimum atomic E-state index is -4.50. The SMILES string of the molecule is CNc1cc(SCC2CCCC2)nc(C(F)(F)F)n1. The molecule has 3 nitrogen and oxygen atoms in total. The second kappa shape index (κ2) is 5.98. The molecular formula is C12H16F3N3S. The van der Waals surface area contributed by atoms with Crippen LogP contribution in [0.15, 0.2) is 11.1 Å². The average molecular weight is 291 g/mol. The summed E-state index contributed by atoms with van der Waals surface area (Å²) in [7, 11) is 1.55. The Morgan fingerprint density at radius 1 is 1.32 bits per heavy atom. The molecule has 0 spiro atoms. The van der Waals surface area contributed by atoms with Gasteiger partial charge in [-0.05, 0) is 18.8 Å². The van der Waals surface area contributed by atoms with Crippen molar-refractivity contribution in [2.24, 2.45) is 5.92 Å². The Morgan fingerprint density at radius 2 is 2.00 bits per heavy atom. The maximum Gasteiger partial charge on any atom is 0.451 e. The van der Waals surface area contributed by atoms with Gasteiger partial charge in [-0.1, -0.05) is 12.8 Å². The van der Waals surface area contributed by atoms with Crippen LogP contribution in [0.4, 0.5) is 19.0 Å². The number of alkyl halides is 3. The molecule has 1 aromatic heterocycles. The molecule has 1 fully saturated rings. The number of halogens is 3. The van der Waals surface area contributed by atoms with Gasteiger partial charge in [0.1, 0.15) is 10.8 Å². The smallest absolute Gasteiger partial charge is 0.373 e. The third-order valence-electron chi connectivity index (χ3n) is 3.15. The van der Waals surface area contributed by atoms with Crippen molar-refractivity contribution in [3.05, 3.63) is 11.9 Å². The molecule has 106 valence electrons. The lowest BCUT2D eigenvalue weighted by atomic mass is 10.1. The van der Waals surface area contributed by atoms with Crippen LogP contribution in [0.3, 0.4) is 0 Å². The van der Waals surface area contributed by atoms with Gasteiger partial charge in [-0.25, -0.2) is 9.97 Å². The summed E-state index contributed by atoms with van der Waals surface area (Å²) < 4.78 is 38.0. The standard InChI is InChI=1S/C12H16F3N3S/c1-16-9-6-10(18-11(17-9)12(13,14)15)19-7-8-4-2-3-5-8/h6,8H,2-5,7H2,1H3,(H,16,17,18). The molecule has 19 heavy (non-hydrogen) atoms.